The lowest BCUT2D eigenvalue weighted by atomic mass is 9.85. The van der Waals surface area contributed by atoms with Gasteiger partial charge in [-0.25, -0.2) is 0 Å². The van der Waals surface area contributed by atoms with E-state index in [2.05, 4.69) is 25.7 Å². The quantitative estimate of drug-likeness (QED) is 0.776. The van der Waals surface area contributed by atoms with Crippen molar-refractivity contribution in [2.24, 2.45) is 17.1 Å². The van der Waals surface area contributed by atoms with Crippen LogP contribution in [0, 0.1) is 11.3 Å². The fourth-order valence-electron chi connectivity index (χ4n) is 2.40. The summed E-state index contributed by atoms with van der Waals surface area (Å²) in [6.07, 6.45) is 5.29. The summed E-state index contributed by atoms with van der Waals surface area (Å²) >= 11 is 0. The second kappa shape index (κ2) is 5.86. The summed E-state index contributed by atoms with van der Waals surface area (Å²) in [6.45, 7) is 11.6. The molecule has 1 heterocycles. The Bertz CT molecular complexity index is 173. The van der Waals surface area contributed by atoms with Gasteiger partial charge in [0.2, 0.25) is 0 Å². The molecule has 1 saturated heterocycles. The second-order valence-corrected chi connectivity index (χ2v) is 5.83. The Labute approximate surface area is 95.2 Å². The molecule has 0 aliphatic carbocycles. The van der Waals surface area contributed by atoms with Crippen molar-refractivity contribution in [3.8, 4) is 0 Å². The highest BCUT2D eigenvalue weighted by molar-refractivity contribution is 4.77. The zero-order valence-corrected chi connectivity index (χ0v) is 10.8. The maximum absolute atomic E-state index is 5.77. The molecule has 0 radical (unpaired) electrons. The summed E-state index contributed by atoms with van der Waals surface area (Å²) in [7, 11) is 0. The number of likely N-dealkylation sites (tertiary alicyclic amines) is 1. The van der Waals surface area contributed by atoms with Crippen LogP contribution >= 0.6 is 0 Å². The number of nitrogens with zero attached hydrogens (tertiary/aromatic N) is 1. The first-order valence-electron chi connectivity index (χ1n) is 6.50. The summed E-state index contributed by atoms with van der Waals surface area (Å²) in [6, 6.07) is 0. The molecular weight excluding hydrogens is 184 g/mol. The molecule has 2 heteroatoms. The fraction of sp³-hybridized carbons (Fsp3) is 1.00. The van der Waals surface area contributed by atoms with Crippen LogP contribution in [0.1, 0.15) is 46.5 Å². The standard InChI is InChI=1S/C13H28N2/c1-4-12(10-14)11-15-8-5-6-13(2,3)7-9-15/h12H,4-11,14H2,1-3H3. The van der Waals surface area contributed by atoms with Gasteiger partial charge >= 0.3 is 0 Å². The van der Waals surface area contributed by atoms with E-state index in [0.29, 0.717) is 11.3 Å². The minimum absolute atomic E-state index is 0.555. The first-order valence-corrected chi connectivity index (χ1v) is 6.50. The summed E-state index contributed by atoms with van der Waals surface area (Å²) in [5.74, 6) is 0.700. The van der Waals surface area contributed by atoms with Gasteiger partial charge in [-0.1, -0.05) is 27.2 Å². The van der Waals surface area contributed by atoms with Gasteiger partial charge in [-0.2, -0.15) is 0 Å². The molecule has 0 aromatic rings. The number of hydrogen-bond donors (Lipinski definition) is 1. The Morgan fingerprint density at radius 3 is 2.60 bits per heavy atom. The molecule has 0 aromatic heterocycles. The van der Waals surface area contributed by atoms with Crippen molar-refractivity contribution in [2.45, 2.75) is 46.5 Å². The van der Waals surface area contributed by atoms with Gasteiger partial charge in [0.1, 0.15) is 0 Å². The minimum atomic E-state index is 0.555. The summed E-state index contributed by atoms with van der Waals surface area (Å²) < 4.78 is 0. The third-order valence-corrected chi connectivity index (χ3v) is 3.86. The maximum Gasteiger partial charge on any atom is 0.00216 e. The lowest BCUT2D eigenvalue weighted by Crippen LogP contribution is -2.33. The SMILES string of the molecule is CCC(CN)CN1CCCC(C)(C)CC1. The number of rotatable bonds is 4. The van der Waals surface area contributed by atoms with Gasteiger partial charge in [0.05, 0.1) is 0 Å². The van der Waals surface area contributed by atoms with Gasteiger partial charge in [0, 0.05) is 6.54 Å². The minimum Gasteiger partial charge on any atom is -0.330 e. The summed E-state index contributed by atoms with van der Waals surface area (Å²) in [5.41, 5.74) is 6.32. The summed E-state index contributed by atoms with van der Waals surface area (Å²) in [5, 5.41) is 0. The van der Waals surface area contributed by atoms with Gasteiger partial charge in [0.15, 0.2) is 0 Å². The third-order valence-electron chi connectivity index (χ3n) is 3.86. The van der Waals surface area contributed by atoms with Gasteiger partial charge < -0.3 is 10.6 Å². The highest BCUT2D eigenvalue weighted by Gasteiger charge is 2.23. The van der Waals surface area contributed by atoms with E-state index in [-0.39, 0.29) is 0 Å². The zero-order valence-electron chi connectivity index (χ0n) is 10.8. The highest BCUT2D eigenvalue weighted by atomic mass is 15.1. The Hall–Kier alpha value is -0.0800. The van der Waals surface area contributed by atoms with Crippen molar-refractivity contribution in [3.63, 3.8) is 0 Å². The normalized spacial score (nSPS) is 24.8. The van der Waals surface area contributed by atoms with E-state index in [4.69, 9.17) is 5.73 Å². The zero-order chi connectivity index (χ0) is 11.3. The van der Waals surface area contributed by atoms with Crippen molar-refractivity contribution < 1.29 is 0 Å². The van der Waals surface area contributed by atoms with Crippen LogP contribution in [0.3, 0.4) is 0 Å². The molecule has 2 N–H and O–H groups in total. The van der Waals surface area contributed by atoms with Crippen molar-refractivity contribution in [2.75, 3.05) is 26.2 Å². The van der Waals surface area contributed by atoms with E-state index in [1.165, 1.54) is 45.3 Å². The highest BCUT2D eigenvalue weighted by Crippen LogP contribution is 2.29. The van der Waals surface area contributed by atoms with E-state index in [1.54, 1.807) is 0 Å². The van der Waals surface area contributed by atoms with Gasteiger partial charge in [-0.05, 0) is 50.2 Å². The molecule has 0 bridgehead atoms. The average molecular weight is 212 g/mol. The van der Waals surface area contributed by atoms with Gasteiger partial charge in [0.25, 0.3) is 0 Å². The Morgan fingerprint density at radius 2 is 2.00 bits per heavy atom. The summed E-state index contributed by atoms with van der Waals surface area (Å²) in [4.78, 5) is 2.62. The molecule has 1 rings (SSSR count). The lowest BCUT2D eigenvalue weighted by molar-refractivity contribution is 0.226. The predicted molar refractivity (Wildman–Crippen MR) is 66.9 cm³/mol. The van der Waals surface area contributed by atoms with Crippen LogP contribution in [0.4, 0.5) is 0 Å². The average Bonchev–Trinajstić information content (AvgIpc) is 2.36. The maximum atomic E-state index is 5.77. The van der Waals surface area contributed by atoms with Crippen LogP contribution in [-0.2, 0) is 0 Å². The molecular formula is C13H28N2. The lowest BCUT2D eigenvalue weighted by Gasteiger charge is -2.26. The molecule has 1 aliphatic rings. The van der Waals surface area contributed by atoms with Crippen molar-refractivity contribution in [1.82, 2.24) is 4.90 Å². The molecule has 90 valence electrons. The van der Waals surface area contributed by atoms with E-state index in [0.717, 1.165) is 6.54 Å². The molecule has 1 unspecified atom stereocenters. The van der Waals surface area contributed by atoms with E-state index >= 15 is 0 Å². The molecule has 2 nitrogen and oxygen atoms in total. The van der Waals surface area contributed by atoms with E-state index in [1.807, 2.05) is 0 Å². The molecule has 0 amide bonds. The molecule has 15 heavy (non-hydrogen) atoms. The first kappa shape index (κ1) is 13.0. The van der Waals surface area contributed by atoms with Crippen LogP contribution < -0.4 is 5.73 Å². The Balaban J connectivity index is 2.37. The fourth-order valence-corrected chi connectivity index (χ4v) is 2.40. The molecule has 0 aromatic carbocycles. The van der Waals surface area contributed by atoms with Gasteiger partial charge in [-0.3, -0.25) is 0 Å². The predicted octanol–water partition coefficient (Wildman–Crippen LogP) is 2.48. The number of nitrogens with two attached hydrogens (primary N) is 1. The largest absolute Gasteiger partial charge is 0.330 e. The monoisotopic (exact) mass is 212 g/mol. The molecule has 1 aliphatic heterocycles. The van der Waals surface area contributed by atoms with Gasteiger partial charge in [-0.15, -0.1) is 0 Å². The third kappa shape index (κ3) is 4.52. The number of hydrogen-bond acceptors (Lipinski definition) is 2. The van der Waals surface area contributed by atoms with Crippen LogP contribution in [0.15, 0.2) is 0 Å². The molecule has 1 fully saturated rings. The van der Waals surface area contributed by atoms with E-state index < -0.39 is 0 Å². The molecule has 0 saturated carbocycles. The van der Waals surface area contributed by atoms with Crippen LogP contribution in [-0.4, -0.2) is 31.1 Å². The van der Waals surface area contributed by atoms with Crippen molar-refractivity contribution in [3.05, 3.63) is 0 Å². The van der Waals surface area contributed by atoms with Crippen molar-refractivity contribution >= 4 is 0 Å². The Morgan fingerprint density at radius 1 is 1.27 bits per heavy atom. The Kier molecular flexibility index (Phi) is 5.07. The van der Waals surface area contributed by atoms with Crippen LogP contribution in [0.5, 0.6) is 0 Å². The molecule has 1 atom stereocenters. The smallest absolute Gasteiger partial charge is 0.00216 e. The van der Waals surface area contributed by atoms with Crippen molar-refractivity contribution in [1.29, 1.82) is 0 Å². The topological polar surface area (TPSA) is 29.3 Å². The van der Waals surface area contributed by atoms with E-state index in [9.17, 15) is 0 Å². The van der Waals surface area contributed by atoms with Crippen LogP contribution in [0.2, 0.25) is 0 Å². The van der Waals surface area contributed by atoms with Crippen LogP contribution in [0.25, 0.3) is 0 Å². The molecule has 0 spiro atoms. The first-order chi connectivity index (χ1) is 7.07. The second-order valence-electron chi connectivity index (χ2n) is 5.83.